The van der Waals surface area contributed by atoms with Crippen LogP contribution in [0.4, 0.5) is 0 Å². The van der Waals surface area contributed by atoms with Crippen molar-refractivity contribution in [3.8, 4) is 5.75 Å². The van der Waals surface area contributed by atoms with Crippen LogP contribution in [0.25, 0.3) is 10.9 Å². The quantitative estimate of drug-likeness (QED) is 0.440. The molecule has 146 valence electrons. The maximum Gasteiger partial charge on any atom is 0.282 e. The van der Waals surface area contributed by atoms with Gasteiger partial charge in [-0.25, -0.2) is 4.98 Å². The first-order valence-electron chi connectivity index (χ1n) is 9.21. The van der Waals surface area contributed by atoms with E-state index in [1.807, 2.05) is 25.1 Å². The number of hydrogen-bond acceptors (Lipinski definition) is 4. The largest absolute Gasteiger partial charge is 0.492 e. The Hall–Kier alpha value is -2.18. The van der Waals surface area contributed by atoms with Gasteiger partial charge in [-0.05, 0) is 55.3 Å². The van der Waals surface area contributed by atoms with Crippen LogP contribution in [0.15, 0.2) is 50.8 Å². The molecule has 0 aliphatic rings. The number of aryl methyl sites for hydroxylation is 1. The highest BCUT2D eigenvalue weighted by Gasteiger charge is 2.11. The summed E-state index contributed by atoms with van der Waals surface area (Å²) in [7, 11) is 0. The topological polar surface area (TPSA) is 56.5 Å². The summed E-state index contributed by atoms with van der Waals surface area (Å²) in [6.07, 6.45) is 4.23. The first-order chi connectivity index (χ1) is 13.5. The van der Waals surface area contributed by atoms with Crippen LogP contribution in [0.3, 0.4) is 0 Å². The first kappa shape index (κ1) is 20.6. The molecular weight excluding hydrogens is 442 g/mol. The smallest absolute Gasteiger partial charge is 0.282 e. The third-order valence-corrected chi connectivity index (χ3v) is 5.00. The number of halogens is 2. The number of ether oxygens (including phenoxy) is 1. The van der Waals surface area contributed by atoms with Gasteiger partial charge in [0, 0.05) is 10.9 Å². The maximum atomic E-state index is 13.0. The summed E-state index contributed by atoms with van der Waals surface area (Å²) in [6, 6.07) is 10.9. The van der Waals surface area contributed by atoms with E-state index in [0.717, 1.165) is 22.9 Å². The van der Waals surface area contributed by atoms with E-state index in [9.17, 15) is 4.79 Å². The number of aromatic nitrogens is 2. The molecule has 0 bridgehead atoms. The van der Waals surface area contributed by atoms with Crippen LogP contribution in [0.2, 0.25) is 5.02 Å². The Balaban J connectivity index is 2.05. The molecule has 0 fully saturated rings. The molecule has 0 atom stereocenters. The molecule has 5 nitrogen and oxygen atoms in total. The standard InChI is InChI=1S/C21H21BrClN3O2/c1-3-5-6-20-25-18-9-8-15(22)12-16(18)21(27)26(20)24-13-14-7-10-19(28-4-2)17(23)11-14/h7-13H,3-6H2,1-2H3. The van der Waals surface area contributed by atoms with E-state index < -0.39 is 0 Å². The lowest BCUT2D eigenvalue weighted by molar-refractivity contribution is 0.340. The molecule has 0 amide bonds. The maximum absolute atomic E-state index is 13.0. The fourth-order valence-electron chi connectivity index (χ4n) is 2.80. The van der Waals surface area contributed by atoms with Gasteiger partial charge >= 0.3 is 0 Å². The van der Waals surface area contributed by atoms with Crippen LogP contribution < -0.4 is 10.3 Å². The monoisotopic (exact) mass is 461 g/mol. The van der Waals surface area contributed by atoms with E-state index in [4.69, 9.17) is 16.3 Å². The molecule has 0 saturated heterocycles. The van der Waals surface area contributed by atoms with Gasteiger partial charge in [0.15, 0.2) is 0 Å². The summed E-state index contributed by atoms with van der Waals surface area (Å²) in [4.78, 5) is 17.7. The minimum Gasteiger partial charge on any atom is -0.492 e. The van der Waals surface area contributed by atoms with Gasteiger partial charge in [0.05, 0.1) is 28.7 Å². The van der Waals surface area contributed by atoms with E-state index in [2.05, 4.69) is 32.9 Å². The van der Waals surface area contributed by atoms with E-state index >= 15 is 0 Å². The molecular formula is C21H21BrClN3O2. The summed E-state index contributed by atoms with van der Waals surface area (Å²) in [6.45, 7) is 4.55. The van der Waals surface area contributed by atoms with Crippen LogP contribution >= 0.6 is 27.5 Å². The predicted molar refractivity (Wildman–Crippen MR) is 118 cm³/mol. The molecule has 0 spiro atoms. The molecule has 3 aromatic rings. The highest BCUT2D eigenvalue weighted by atomic mass is 79.9. The van der Waals surface area contributed by atoms with Crippen molar-refractivity contribution < 1.29 is 4.74 Å². The van der Waals surface area contributed by atoms with Gasteiger partial charge in [-0.3, -0.25) is 4.79 Å². The minimum absolute atomic E-state index is 0.189. The molecule has 1 heterocycles. The molecule has 0 N–H and O–H groups in total. The van der Waals surface area contributed by atoms with Crippen LogP contribution in [0.1, 0.15) is 38.1 Å². The van der Waals surface area contributed by atoms with Crippen molar-refractivity contribution in [2.45, 2.75) is 33.1 Å². The number of nitrogens with zero attached hydrogens (tertiary/aromatic N) is 3. The van der Waals surface area contributed by atoms with Gasteiger partial charge in [-0.15, -0.1) is 0 Å². The Labute approximate surface area is 177 Å². The van der Waals surface area contributed by atoms with Crippen molar-refractivity contribution in [2.24, 2.45) is 5.10 Å². The van der Waals surface area contributed by atoms with Gasteiger partial charge in [0.2, 0.25) is 0 Å². The molecule has 0 aliphatic heterocycles. The van der Waals surface area contributed by atoms with Gasteiger partial charge < -0.3 is 4.74 Å². The molecule has 0 unspecified atom stereocenters. The van der Waals surface area contributed by atoms with E-state index in [0.29, 0.717) is 40.5 Å². The molecule has 7 heteroatoms. The van der Waals surface area contributed by atoms with Crippen molar-refractivity contribution in [1.29, 1.82) is 0 Å². The number of unbranched alkanes of at least 4 members (excludes halogenated alkanes) is 1. The Morgan fingerprint density at radius 1 is 1.25 bits per heavy atom. The summed E-state index contributed by atoms with van der Waals surface area (Å²) >= 11 is 9.66. The van der Waals surface area contributed by atoms with Crippen molar-refractivity contribution in [3.63, 3.8) is 0 Å². The summed E-state index contributed by atoms with van der Waals surface area (Å²) in [5.41, 5.74) is 1.26. The van der Waals surface area contributed by atoms with Crippen LogP contribution in [-0.4, -0.2) is 22.5 Å². The van der Waals surface area contributed by atoms with Crippen molar-refractivity contribution in [2.75, 3.05) is 6.61 Å². The molecule has 3 rings (SSSR count). The average Bonchev–Trinajstić information content (AvgIpc) is 2.68. The second kappa shape index (κ2) is 9.34. The highest BCUT2D eigenvalue weighted by molar-refractivity contribution is 9.10. The number of fused-ring (bicyclic) bond motifs is 1. The third-order valence-electron chi connectivity index (χ3n) is 4.21. The van der Waals surface area contributed by atoms with Gasteiger partial charge in [0.25, 0.3) is 5.56 Å². The molecule has 2 aromatic carbocycles. The Kier molecular flexibility index (Phi) is 6.86. The first-order valence-corrected chi connectivity index (χ1v) is 10.4. The molecule has 28 heavy (non-hydrogen) atoms. The second-order valence-corrected chi connectivity index (χ2v) is 7.60. The fourth-order valence-corrected chi connectivity index (χ4v) is 3.41. The van der Waals surface area contributed by atoms with Crippen molar-refractivity contribution in [1.82, 2.24) is 9.66 Å². The zero-order chi connectivity index (χ0) is 20.1. The van der Waals surface area contributed by atoms with E-state index in [1.54, 1.807) is 24.4 Å². The van der Waals surface area contributed by atoms with Crippen molar-refractivity contribution >= 4 is 44.6 Å². The summed E-state index contributed by atoms with van der Waals surface area (Å²) in [5.74, 6) is 1.27. The van der Waals surface area contributed by atoms with Crippen LogP contribution in [0.5, 0.6) is 5.75 Å². The molecule has 1 aromatic heterocycles. The van der Waals surface area contributed by atoms with E-state index in [1.165, 1.54) is 4.68 Å². The van der Waals surface area contributed by atoms with Gasteiger partial charge in [-0.1, -0.05) is 40.9 Å². The minimum atomic E-state index is -0.189. The van der Waals surface area contributed by atoms with Crippen molar-refractivity contribution in [3.05, 3.63) is 67.6 Å². The predicted octanol–water partition coefficient (Wildman–Crippen LogP) is 5.44. The Bertz CT molecular complexity index is 1080. The number of hydrogen-bond donors (Lipinski definition) is 0. The number of rotatable bonds is 7. The lowest BCUT2D eigenvalue weighted by atomic mass is 10.2. The molecule has 0 aliphatic carbocycles. The summed E-state index contributed by atoms with van der Waals surface area (Å²) in [5, 5.41) is 5.46. The zero-order valence-electron chi connectivity index (χ0n) is 15.8. The second-order valence-electron chi connectivity index (χ2n) is 6.28. The highest BCUT2D eigenvalue weighted by Crippen LogP contribution is 2.25. The van der Waals surface area contributed by atoms with Gasteiger partial charge in [0.1, 0.15) is 11.6 Å². The van der Waals surface area contributed by atoms with E-state index in [-0.39, 0.29) is 5.56 Å². The third kappa shape index (κ3) is 4.62. The Morgan fingerprint density at radius 2 is 2.07 bits per heavy atom. The number of benzene rings is 2. The SMILES string of the molecule is CCCCc1nc2ccc(Br)cc2c(=O)n1N=Cc1ccc(OCC)c(Cl)c1. The normalized spacial score (nSPS) is 11.4. The zero-order valence-corrected chi connectivity index (χ0v) is 18.1. The summed E-state index contributed by atoms with van der Waals surface area (Å²) < 4.78 is 7.66. The van der Waals surface area contributed by atoms with Gasteiger partial charge in [-0.2, -0.15) is 9.78 Å². The fraction of sp³-hybridized carbons (Fsp3) is 0.286. The molecule has 0 radical (unpaired) electrons. The lowest BCUT2D eigenvalue weighted by Gasteiger charge is -2.09. The van der Waals surface area contributed by atoms with Crippen LogP contribution in [0, 0.1) is 0 Å². The Morgan fingerprint density at radius 3 is 2.79 bits per heavy atom. The molecule has 0 saturated carbocycles. The average molecular weight is 463 g/mol. The lowest BCUT2D eigenvalue weighted by Crippen LogP contribution is -2.22. The van der Waals surface area contributed by atoms with Crippen LogP contribution in [-0.2, 0) is 6.42 Å².